The van der Waals surface area contributed by atoms with Crippen LogP contribution in [0.4, 0.5) is 10.1 Å². The molecule has 0 aliphatic carbocycles. The molecule has 0 atom stereocenters. The van der Waals surface area contributed by atoms with Crippen LogP contribution in [0.1, 0.15) is 5.56 Å². The molecule has 0 saturated carbocycles. The normalized spacial score (nSPS) is 10.2. The third-order valence-corrected chi connectivity index (χ3v) is 2.68. The molecule has 0 heterocycles. The highest BCUT2D eigenvalue weighted by molar-refractivity contribution is 6.30. The van der Waals surface area contributed by atoms with E-state index in [1.165, 1.54) is 42.5 Å². The largest absolute Gasteiger partial charge is 0.489 e. The van der Waals surface area contributed by atoms with E-state index in [-0.39, 0.29) is 18.1 Å². The number of rotatable bonds is 4. The van der Waals surface area contributed by atoms with Crippen LogP contribution in [0.5, 0.6) is 5.75 Å². The topological polar surface area (TPSA) is 52.4 Å². The van der Waals surface area contributed by atoms with Crippen molar-refractivity contribution in [2.75, 3.05) is 0 Å². The Hall–Kier alpha value is -2.14. The molecule has 0 aliphatic heterocycles. The van der Waals surface area contributed by atoms with Crippen LogP contribution in [0, 0.1) is 15.9 Å². The van der Waals surface area contributed by atoms with Gasteiger partial charge in [0, 0.05) is 11.1 Å². The Morgan fingerprint density at radius 1 is 1.21 bits per heavy atom. The first kappa shape index (κ1) is 13.3. The second-order valence-corrected chi connectivity index (χ2v) is 4.21. The summed E-state index contributed by atoms with van der Waals surface area (Å²) in [5.41, 5.74) is 0.299. The van der Waals surface area contributed by atoms with E-state index in [1.54, 1.807) is 0 Å². The van der Waals surface area contributed by atoms with Gasteiger partial charge in [0.2, 0.25) is 0 Å². The van der Waals surface area contributed by atoms with Crippen molar-refractivity contribution in [3.63, 3.8) is 0 Å². The van der Waals surface area contributed by atoms with E-state index >= 15 is 0 Å². The summed E-state index contributed by atoms with van der Waals surface area (Å²) in [5, 5.41) is 11.2. The van der Waals surface area contributed by atoms with Gasteiger partial charge in [-0.1, -0.05) is 11.6 Å². The number of benzene rings is 2. The molecule has 2 rings (SSSR count). The quantitative estimate of drug-likeness (QED) is 0.629. The second kappa shape index (κ2) is 5.67. The van der Waals surface area contributed by atoms with Crippen LogP contribution in [-0.2, 0) is 6.61 Å². The third kappa shape index (κ3) is 3.42. The van der Waals surface area contributed by atoms with Crippen molar-refractivity contribution in [2.24, 2.45) is 0 Å². The van der Waals surface area contributed by atoms with Crippen LogP contribution in [0.3, 0.4) is 0 Å². The lowest BCUT2D eigenvalue weighted by atomic mass is 10.2. The number of nitro benzene ring substituents is 1. The molecule has 0 N–H and O–H groups in total. The minimum Gasteiger partial charge on any atom is -0.489 e. The summed E-state index contributed by atoms with van der Waals surface area (Å²) in [4.78, 5) is 10.3. The van der Waals surface area contributed by atoms with Crippen LogP contribution >= 0.6 is 11.6 Å². The van der Waals surface area contributed by atoms with Crippen molar-refractivity contribution in [3.8, 4) is 5.75 Å². The van der Waals surface area contributed by atoms with Gasteiger partial charge in [0.15, 0.2) is 0 Å². The third-order valence-electron chi connectivity index (χ3n) is 2.45. The first-order valence-corrected chi connectivity index (χ1v) is 5.75. The molecule has 4 nitrogen and oxygen atoms in total. The number of ether oxygens (including phenoxy) is 1. The zero-order valence-electron chi connectivity index (χ0n) is 9.68. The van der Waals surface area contributed by atoms with E-state index < -0.39 is 4.92 Å². The van der Waals surface area contributed by atoms with Crippen LogP contribution in [0.15, 0.2) is 42.5 Å². The smallest absolute Gasteiger partial charge is 0.276 e. The van der Waals surface area contributed by atoms with E-state index in [4.69, 9.17) is 16.3 Å². The van der Waals surface area contributed by atoms with Gasteiger partial charge in [-0.05, 0) is 36.4 Å². The highest BCUT2D eigenvalue weighted by Gasteiger charge is 2.14. The summed E-state index contributed by atoms with van der Waals surface area (Å²) in [5.74, 6) is 0.0526. The Morgan fingerprint density at radius 3 is 2.53 bits per heavy atom. The standard InChI is InChI=1S/C13H9ClFNO3/c14-10-1-6-13(16(17)18)9(7-10)8-19-12-4-2-11(15)3-5-12/h1-7H,8H2. The SMILES string of the molecule is O=[N+]([O-])c1ccc(Cl)cc1COc1ccc(F)cc1. The second-order valence-electron chi connectivity index (χ2n) is 3.77. The molecule has 0 bridgehead atoms. The van der Waals surface area contributed by atoms with Gasteiger partial charge in [-0.25, -0.2) is 4.39 Å². The van der Waals surface area contributed by atoms with Crippen molar-refractivity contribution in [3.05, 3.63) is 69.0 Å². The fourth-order valence-electron chi connectivity index (χ4n) is 1.54. The molecule has 98 valence electrons. The van der Waals surface area contributed by atoms with Gasteiger partial charge in [-0.2, -0.15) is 0 Å². The molecule has 2 aromatic rings. The Morgan fingerprint density at radius 2 is 1.89 bits per heavy atom. The maximum Gasteiger partial charge on any atom is 0.276 e. The van der Waals surface area contributed by atoms with Crippen molar-refractivity contribution in [2.45, 2.75) is 6.61 Å². The van der Waals surface area contributed by atoms with Gasteiger partial charge in [0.25, 0.3) is 5.69 Å². The van der Waals surface area contributed by atoms with E-state index in [1.807, 2.05) is 0 Å². The Balaban J connectivity index is 2.16. The lowest BCUT2D eigenvalue weighted by Gasteiger charge is -2.07. The van der Waals surface area contributed by atoms with Gasteiger partial charge in [0.1, 0.15) is 18.2 Å². The van der Waals surface area contributed by atoms with E-state index in [2.05, 4.69) is 0 Å². The summed E-state index contributed by atoms with van der Waals surface area (Å²) >= 11 is 5.80. The van der Waals surface area contributed by atoms with Crippen molar-refractivity contribution >= 4 is 17.3 Å². The lowest BCUT2D eigenvalue weighted by molar-refractivity contribution is -0.385. The fraction of sp³-hybridized carbons (Fsp3) is 0.0769. The first-order chi connectivity index (χ1) is 9.06. The summed E-state index contributed by atoms with van der Waals surface area (Å²) in [6.07, 6.45) is 0. The van der Waals surface area contributed by atoms with Crippen LogP contribution < -0.4 is 4.74 Å². The van der Waals surface area contributed by atoms with Gasteiger partial charge in [0.05, 0.1) is 10.5 Å². The maximum absolute atomic E-state index is 12.7. The monoisotopic (exact) mass is 281 g/mol. The molecule has 6 heteroatoms. The van der Waals surface area contributed by atoms with Crippen molar-refractivity contribution in [1.29, 1.82) is 0 Å². The van der Waals surface area contributed by atoms with E-state index in [9.17, 15) is 14.5 Å². The van der Waals surface area contributed by atoms with Gasteiger partial charge in [-0.3, -0.25) is 10.1 Å². The highest BCUT2D eigenvalue weighted by atomic mass is 35.5. The number of nitrogens with zero attached hydrogens (tertiary/aromatic N) is 1. The van der Waals surface area contributed by atoms with Gasteiger partial charge in [-0.15, -0.1) is 0 Å². The van der Waals surface area contributed by atoms with Gasteiger partial charge >= 0.3 is 0 Å². The summed E-state index contributed by atoms with van der Waals surface area (Å²) in [6, 6.07) is 9.65. The number of hydrogen-bond donors (Lipinski definition) is 0. The van der Waals surface area contributed by atoms with E-state index in [0.717, 1.165) is 0 Å². The highest BCUT2D eigenvalue weighted by Crippen LogP contribution is 2.24. The zero-order chi connectivity index (χ0) is 13.8. The van der Waals surface area contributed by atoms with Crippen LogP contribution in [0.25, 0.3) is 0 Å². The molecular weight excluding hydrogens is 273 g/mol. The van der Waals surface area contributed by atoms with Gasteiger partial charge < -0.3 is 4.74 Å². The first-order valence-electron chi connectivity index (χ1n) is 5.37. The van der Waals surface area contributed by atoms with Crippen molar-refractivity contribution < 1.29 is 14.1 Å². The Kier molecular flexibility index (Phi) is 3.97. The Labute approximate surface area is 113 Å². The van der Waals surface area contributed by atoms with E-state index in [0.29, 0.717) is 16.3 Å². The minimum absolute atomic E-state index is 0.0114. The Bertz CT molecular complexity index is 601. The summed E-state index contributed by atoms with van der Waals surface area (Å²) in [6.45, 7) is -0.0114. The number of halogens is 2. The summed E-state index contributed by atoms with van der Waals surface area (Å²) < 4.78 is 18.1. The number of hydrogen-bond acceptors (Lipinski definition) is 3. The van der Waals surface area contributed by atoms with Crippen molar-refractivity contribution in [1.82, 2.24) is 0 Å². The molecule has 2 aromatic carbocycles. The maximum atomic E-state index is 12.7. The molecular formula is C13H9ClFNO3. The average molecular weight is 282 g/mol. The molecule has 0 aromatic heterocycles. The minimum atomic E-state index is -0.500. The van der Waals surface area contributed by atoms with Crippen LogP contribution in [-0.4, -0.2) is 4.92 Å². The fourth-order valence-corrected chi connectivity index (χ4v) is 1.73. The molecule has 0 unspecified atom stereocenters. The predicted octanol–water partition coefficient (Wildman–Crippen LogP) is 3.97. The molecule has 0 spiro atoms. The average Bonchev–Trinajstić information content (AvgIpc) is 2.38. The number of nitro groups is 1. The molecule has 0 amide bonds. The molecule has 0 saturated heterocycles. The van der Waals surface area contributed by atoms with Crippen LogP contribution in [0.2, 0.25) is 5.02 Å². The molecule has 0 radical (unpaired) electrons. The summed E-state index contributed by atoms with van der Waals surface area (Å²) in [7, 11) is 0. The lowest BCUT2D eigenvalue weighted by Crippen LogP contribution is -2.00. The molecule has 19 heavy (non-hydrogen) atoms. The zero-order valence-corrected chi connectivity index (χ0v) is 10.4. The molecule has 0 fully saturated rings. The molecule has 0 aliphatic rings. The predicted molar refractivity (Wildman–Crippen MR) is 68.8 cm³/mol.